The van der Waals surface area contributed by atoms with E-state index in [1.54, 1.807) is 4.90 Å². The van der Waals surface area contributed by atoms with E-state index >= 15 is 0 Å². The Balaban J connectivity index is 1.33. The van der Waals surface area contributed by atoms with Crippen molar-refractivity contribution in [3.63, 3.8) is 0 Å². The number of aromatic nitrogens is 2. The number of amides is 2. The number of piperidine rings is 1. The SMILES string of the molecule is O=C(NCc1nc2ccccc2[nH]1)c1ccc(Nc2c([N+](=O)[O-])cc(C(=O)N3CCCCC3)cc2[N+](=O)[O-])cc1. The largest absolute Gasteiger partial charge is 0.345 e. The standard InChI is InChI=1S/C27H25N7O6/c35-26(28-16-24-30-20-6-2-3-7-21(20)31-24)17-8-10-19(11-9-17)29-25-22(33(37)38)14-18(15-23(25)34(39)40)27(36)32-12-4-1-5-13-32/h2-3,6-11,14-15,29H,1,4-5,12-13,16H2,(H,28,35)(H,30,31). The summed E-state index contributed by atoms with van der Waals surface area (Å²) < 4.78 is 0. The molecule has 0 spiro atoms. The molecule has 0 bridgehead atoms. The molecule has 2 heterocycles. The number of hydrogen-bond acceptors (Lipinski definition) is 8. The zero-order chi connectivity index (χ0) is 28.2. The van der Waals surface area contributed by atoms with Crippen molar-refractivity contribution in [1.29, 1.82) is 0 Å². The molecule has 0 atom stereocenters. The van der Waals surface area contributed by atoms with Crippen LogP contribution in [0.3, 0.4) is 0 Å². The van der Waals surface area contributed by atoms with Gasteiger partial charge >= 0.3 is 11.4 Å². The summed E-state index contributed by atoms with van der Waals surface area (Å²) in [6, 6.07) is 15.6. The number of aromatic amines is 1. The van der Waals surface area contributed by atoms with Crippen LogP contribution in [0.4, 0.5) is 22.7 Å². The number of benzene rings is 3. The molecular weight excluding hydrogens is 518 g/mol. The van der Waals surface area contributed by atoms with E-state index in [1.165, 1.54) is 24.3 Å². The normalized spacial score (nSPS) is 13.2. The monoisotopic (exact) mass is 543 g/mol. The van der Waals surface area contributed by atoms with Gasteiger partial charge in [0.15, 0.2) is 5.69 Å². The van der Waals surface area contributed by atoms with Crippen molar-refractivity contribution in [3.05, 3.63) is 97.8 Å². The summed E-state index contributed by atoms with van der Waals surface area (Å²) in [6.07, 6.45) is 2.60. The first kappa shape index (κ1) is 26.3. The fourth-order valence-corrected chi connectivity index (χ4v) is 4.64. The van der Waals surface area contributed by atoms with E-state index in [9.17, 15) is 29.8 Å². The summed E-state index contributed by atoms with van der Waals surface area (Å²) in [4.78, 5) is 56.9. The van der Waals surface area contributed by atoms with Crippen LogP contribution in [0.15, 0.2) is 60.7 Å². The van der Waals surface area contributed by atoms with Gasteiger partial charge in [0.25, 0.3) is 11.8 Å². The molecule has 3 N–H and O–H groups in total. The van der Waals surface area contributed by atoms with Crippen LogP contribution in [0.5, 0.6) is 0 Å². The Kier molecular flexibility index (Phi) is 7.35. The Morgan fingerprint density at radius 1 is 0.900 bits per heavy atom. The van der Waals surface area contributed by atoms with Crippen molar-refractivity contribution in [3.8, 4) is 0 Å². The van der Waals surface area contributed by atoms with Crippen molar-refractivity contribution in [2.24, 2.45) is 0 Å². The maximum Gasteiger partial charge on any atom is 0.300 e. The van der Waals surface area contributed by atoms with Crippen LogP contribution in [0.25, 0.3) is 11.0 Å². The number of H-pyrrole nitrogens is 1. The molecule has 40 heavy (non-hydrogen) atoms. The molecule has 1 aromatic heterocycles. The molecule has 3 aromatic carbocycles. The molecule has 1 aliphatic rings. The number of imidazole rings is 1. The molecule has 13 nitrogen and oxygen atoms in total. The fourth-order valence-electron chi connectivity index (χ4n) is 4.64. The number of nitro groups is 2. The summed E-state index contributed by atoms with van der Waals surface area (Å²) in [6.45, 7) is 1.17. The molecule has 2 amide bonds. The second-order valence-corrected chi connectivity index (χ2v) is 9.34. The van der Waals surface area contributed by atoms with Crippen molar-refractivity contribution < 1.29 is 19.4 Å². The van der Waals surface area contributed by atoms with Gasteiger partial charge in [0.1, 0.15) is 5.82 Å². The number of nitrogens with zero attached hydrogens (tertiary/aromatic N) is 4. The van der Waals surface area contributed by atoms with Gasteiger partial charge in [-0.15, -0.1) is 0 Å². The zero-order valence-electron chi connectivity index (χ0n) is 21.3. The maximum atomic E-state index is 12.9. The van der Waals surface area contributed by atoms with E-state index in [1.807, 2.05) is 24.3 Å². The first-order chi connectivity index (χ1) is 19.3. The summed E-state index contributed by atoms with van der Waals surface area (Å²) in [5, 5.41) is 29.3. The highest BCUT2D eigenvalue weighted by Crippen LogP contribution is 2.38. The van der Waals surface area contributed by atoms with Gasteiger partial charge in [-0.1, -0.05) is 12.1 Å². The van der Waals surface area contributed by atoms with Gasteiger partial charge in [-0.2, -0.15) is 0 Å². The van der Waals surface area contributed by atoms with Crippen molar-refractivity contribution in [1.82, 2.24) is 20.2 Å². The third kappa shape index (κ3) is 5.57. The van der Waals surface area contributed by atoms with Gasteiger partial charge in [-0.3, -0.25) is 29.8 Å². The van der Waals surface area contributed by atoms with E-state index < -0.39 is 27.1 Å². The average Bonchev–Trinajstić information content (AvgIpc) is 3.39. The molecule has 1 fully saturated rings. The van der Waals surface area contributed by atoms with Crippen LogP contribution in [-0.2, 0) is 6.54 Å². The number of hydrogen-bond donors (Lipinski definition) is 3. The quantitative estimate of drug-likeness (QED) is 0.212. The zero-order valence-corrected chi connectivity index (χ0v) is 21.3. The van der Waals surface area contributed by atoms with Crippen molar-refractivity contribution in [2.45, 2.75) is 25.8 Å². The summed E-state index contributed by atoms with van der Waals surface area (Å²) in [7, 11) is 0. The molecule has 204 valence electrons. The van der Waals surface area contributed by atoms with Gasteiger partial charge in [-0.05, 0) is 55.7 Å². The lowest BCUT2D eigenvalue weighted by Crippen LogP contribution is -2.35. The minimum atomic E-state index is -0.762. The van der Waals surface area contributed by atoms with Crippen molar-refractivity contribution in [2.75, 3.05) is 18.4 Å². The van der Waals surface area contributed by atoms with E-state index in [4.69, 9.17) is 0 Å². The Hall–Kier alpha value is -5.33. The molecular formula is C27H25N7O6. The maximum absolute atomic E-state index is 12.9. The van der Waals surface area contributed by atoms with Crippen LogP contribution in [0, 0.1) is 20.2 Å². The number of rotatable bonds is 8. The van der Waals surface area contributed by atoms with Crippen LogP contribution in [0.1, 0.15) is 45.8 Å². The number of carbonyl (C=O) groups excluding carboxylic acids is 2. The van der Waals surface area contributed by atoms with Gasteiger partial charge in [0.2, 0.25) is 0 Å². The number of anilines is 2. The molecule has 13 heteroatoms. The minimum absolute atomic E-state index is 0.109. The van der Waals surface area contributed by atoms with Gasteiger partial charge < -0.3 is 20.5 Å². The molecule has 5 rings (SSSR count). The Labute approximate surface area is 227 Å². The highest BCUT2D eigenvalue weighted by Gasteiger charge is 2.30. The number of carbonyl (C=O) groups is 2. The lowest BCUT2D eigenvalue weighted by Gasteiger charge is -2.26. The number of nitrogens with one attached hydrogen (secondary N) is 3. The first-order valence-corrected chi connectivity index (χ1v) is 12.6. The summed E-state index contributed by atoms with van der Waals surface area (Å²) >= 11 is 0. The van der Waals surface area contributed by atoms with E-state index in [-0.39, 0.29) is 29.4 Å². The number of fused-ring (bicyclic) bond motifs is 1. The second-order valence-electron chi connectivity index (χ2n) is 9.34. The molecule has 0 unspecified atom stereocenters. The van der Waals surface area contributed by atoms with Crippen LogP contribution in [0.2, 0.25) is 0 Å². The van der Waals surface area contributed by atoms with Crippen molar-refractivity contribution >= 4 is 45.6 Å². The summed E-state index contributed by atoms with van der Waals surface area (Å²) in [5.74, 6) is -0.255. The van der Waals surface area contributed by atoms with Gasteiger partial charge in [0, 0.05) is 36.5 Å². The highest BCUT2D eigenvalue weighted by atomic mass is 16.6. The predicted molar refractivity (Wildman–Crippen MR) is 146 cm³/mol. The van der Waals surface area contributed by atoms with E-state index in [0.29, 0.717) is 24.5 Å². The van der Waals surface area contributed by atoms with E-state index in [2.05, 4.69) is 20.6 Å². The van der Waals surface area contributed by atoms with Crippen LogP contribution in [-0.4, -0.2) is 49.6 Å². The Morgan fingerprint density at radius 2 is 1.55 bits per heavy atom. The number of para-hydroxylation sites is 2. The van der Waals surface area contributed by atoms with E-state index in [0.717, 1.165) is 42.4 Å². The lowest BCUT2D eigenvalue weighted by molar-refractivity contribution is -0.392. The second kappa shape index (κ2) is 11.2. The number of likely N-dealkylation sites (tertiary alicyclic amines) is 1. The average molecular weight is 544 g/mol. The molecule has 1 aliphatic heterocycles. The molecule has 1 saturated heterocycles. The number of nitro benzene ring substituents is 2. The predicted octanol–water partition coefficient (Wildman–Crippen LogP) is 4.68. The lowest BCUT2D eigenvalue weighted by atomic mass is 10.1. The molecule has 0 saturated carbocycles. The third-order valence-electron chi connectivity index (χ3n) is 6.65. The van der Waals surface area contributed by atoms with Crippen LogP contribution < -0.4 is 10.6 Å². The van der Waals surface area contributed by atoms with Crippen LogP contribution >= 0.6 is 0 Å². The Morgan fingerprint density at radius 3 is 2.17 bits per heavy atom. The third-order valence-corrected chi connectivity index (χ3v) is 6.65. The topological polar surface area (TPSA) is 176 Å². The molecule has 0 aliphatic carbocycles. The minimum Gasteiger partial charge on any atom is -0.345 e. The molecule has 4 aromatic rings. The molecule has 0 radical (unpaired) electrons. The first-order valence-electron chi connectivity index (χ1n) is 12.6. The van der Waals surface area contributed by atoms with Gasteiger partial charge in [-0.25, -0.2) is 4.98 Å². The summed E-state index contributed by atoms with van der Waals surface area (Å²) in [5.41, 5.74) is 0.589. The highest BCUT2D eigenvalue weighted by molar-refractivity contribution is 5.98. The van der Waals surface area contributed by atoms with Gasteiger partial charge in [0.05, 0.1) is 33.0 Å². The fraction of sp³-hybridized carbons (Fsp3) is 0.222. The Bertz CT molecular complexity index is 1540. The smallest absolute Gasteiger partial charge is 0.300 e.